The molecule has 2 aromatic carbocycles. The van der Waals surface area contributed by atoms with Gasteiger partial charge < -0.3 is 4.90 Å². The van der Waals surface area contributed by atoms with Crippen LogP contribution in [0.1, 0.15) is 32.7 Å². The number of anilines is 1. The van der Waals surface area contributed by atoms with Crippen LogP contribution in [0.25, 0.3) is 0 Å². The average Bonchev–Trinajstić information content (AvgIpc) is 2.50. The van der Waals surface area contributed by atoms with Crippen LogP contribution in [-0.2, 0) is 0 Å². The Bertz CT molecular complexity index is 786. The molecule has 0 atom stereocenters. The molecule has 3 nitrogen and oxygen atoms in total. The SMILES string of the molecule is Cc1ccccc1C(=O)N1CCC(=O)c2cc(Cl)c(Cl)cc21. The van der Waals surface area contributed by atoms with E-state index in [0.717, 1.165) is 5.56 Å². The number of benzene rings is 2. The van der Waals surface area contributed by atoms with Gasteiger partial charge in [-0.1, -0.05) is 41.4 Å². The molecule has 5 heteroatoms. The summed E-state index contributed by atoms with van der Waals surface area (Å²) >= 11 is 12.1. The van der Waals surface area contributed by atoms with E-state index in [-0.39, 0.29) is 18.1 Å². The van der Waals surface area contributed by atoms with E-state index in [1.54, 1.807) is 23.1 Å². The molecule has 0 saturated carbocycles. The third kappa shape index (κ3) is 2.51. The molecular formula is C17H13Cl2NO2. The van der Waals surface area contributed by atoms with E-state index in [1.165, 1.54) is 0 Å². The van der Waals surface area contributed by atoms with Crippen LogP contribution in [0.5, 0.6) is 0 Å². The molecule has 1 aliphatic rings. The Labute approximate surface area is 138 Å². The van der Waals surface area contributed by atoms with Crippen LogP contribution in [0.2, 0.25) is 10.0 Å². The lowest BCUT2D eigenvalue weighted by atomic mass is 9.98. The normalized spacial score (nSPS) is 14.0. The summed E-state index contributed by atoms with van der Waals surface area (Å²) < 4.78 is 0. The van der Waals surface area contributed by atoms with Crippen molar-refractivity contribution in [1.82, 2.24) is 0 Å². The van der Waals surface area contributed by atoms with Gasteiger partial charge >= 0.3 is 0 Å². The standard InChI is InChI=1S/C17H13Cl2NO2/c1-10-4-2-3-5-11(10)17(22)20-7-6-16(21)12-8-13(18)14(19)9-15(12)20/h2-5,8-9H,6-7H2,1H3. The Morgan fingerprint density at radius 2 is 1.82 bits per heavy atom. The molecule has 22 heavy (non-hydrogen) atoms. The highest BCUT2D eigenvalue weighted by molar-refractivity contribution is 6.42. The molecule has 1 aliphatic heterocycles. The monoisotopic (exact) mass is 333 g/mol. The second-order valence-corrected chi connectivity index (χ2v) is 6.04. The number of Topliss-reactive ketones (excluding diaryl/α,β-unsaturated/α-hetero) is 1. The second-order valence-electron chi connectivity index (χ2n) is 5.23. The Balaban J connectivity index is 2.09. The minimum Gasteiger partial charge on any atom is -0.307 e. The first-order chi connectivity index (χ1) is 10.5. The van der Waals surface area contributed by atoms with Crippen molar-refractivity contribution < 1.29 is 9.59 Å². The number of ketones is 1. The summed E-state index contributed by atoms with van der Waals surface area (Å²) in [7, 11) is 0. The highest BCUT2D eigenvalue weighted by Gasteiger charge is 2.29. The summed E-state index contributed by atoms with van der Waals surface area (Å²) in [5, 5.41) is 0.650. The zero-order chi connectivity index (χ0) is 15.9. The Kier molecular flexibility index (Phi) is 3.94. The number of amides is 1. The molecule has 1 heterocycles. The fourth-order valence-corrected chi connectivity index (χ4v) is 2.94. The van der Waals surface area contributed by atoms with E-state index in [2.05, 4.69) is 0 Å². The van der Waals surface area contributed by atoms with Crippen LogP contribution in [0.15, 0.2) is 36.4 Å². The molecule has 0 aromatic heterocycles. The quantitative estimate of drug-likeness (QED) is 0.768. The van der Waals surface area contributed by atoms with Gasteiger partial charge in [-0.15, -0.1) is 0 Å². The molecule has 0 N–H and O–H groups in total. The second kappa shape index (κ2) is 5.75. The summed E-state index contributed by atoms with van der Waals surface area (Å²) in [4.78, 5) is 26.5. The lowest BCUT2D eigenvalue weighted by Gasteiger charge is -2.29. The van der Waals surface area contributed by atoms with Gasteiger partial charge in [-0.25, -0.2) is 0 Å². The van der Waals surface area contributed by atoms with Crippen molar-refractivity contribution in [2.45, 2.75) is 13.3 Å². The summed E-state index contributed by atoms with van der Waals surface area (Å²) in [6.07, 6.45) is 0.280. The predicted octanol–water partition coefficient (Wildman–Crippen LogP) is 4.54. The van der Waals surface area contributed by atoms with Crippen molar-refractivity contribution in [3.8, 4) is 0 Å². The Morgan fingerprint density at radius 1 is 1.14 bits per heavy atom. The minimum atomic E-state index is -0.134. The van der Waals surface area contributed by atoms with Crippen molar-refractivity contribution in [3.63, 3.8) is 0 Å². The predicted molar refractivity (Wildman–Crippen MR) is 88.3 cm³/mol. The Hall–Kier alpha value is -1.84. The number of fused-ring (bicyclic) bond motifs is 1. The van der Waals surface area contributed by atoms with Crippen molar-refractivity contribution in [2.75, 3.05) is 11.4 Å². The van der Waals surface area contributed by atoms with E-state index in [9.17, 15) is 9.59 Å². The van der Waals surface area contributed by atoms with E-state index in [1.807, 2.05) is 25.1 Å². The number of hydrogen-bond donors (Lipinski definition) is 0. The lowest BCUT2D eigenvalue weighted by molar-refractivity contribution is 0.0955. The number of halogens is 2. The van der Waals surface area contributed by atoms with Gasteiger partial charge in [-0.2, -0.15) is 0 Å². The number of carbonyl (C=O) groups is 2. The van der Waals surface area contributed by atoms with Crippen LogP contribution in [0.4, 0.5) is 5.69 Å². The third-order valence-electron chi connectivity index (χ3n) is 3.81. The average molecular weight is 334 g/mol. The molecule has 0 spiro atoms. The van der Waals surface area contributed by atoms with Gasteiger partial charge in [0, 0.05) is 24.1 Å². The molecule has 112 valence electrons. The van der Waals surface area contributed by atoms with Gasteiger partial charge in [0.15, 0.2) is 5.78 Å². The summed E-state index contributed by atoms with van der Waals surface area (Å²) in [6, 6.07) is 10.5. The van der Waals surface area contributed by atoms with Gasteiger partial charge in [-0.3, -0.25) is 9.59 Å². The zero-order valence-corrected chi connectivity index (χ0v) is 13.4. The highest BCUT2D eigenvalue weighted by Crippen LogP contribution is 2.35. The van der Waals surface area contributed by atoms with Crippen molar-refractivity contribution in [1.29, 1.82) is 0 Å². The van der Waals surface area contributed by atoms with Gasteiger partial charge in [-0.05, 0) is 30.7 Å². The maximum absolute atomic E-state index is 12.8. The molecule has 2 aromatic rings. The molecule has 0 unspecified atom stereocenters. The Morgan fingerprint density at radius 3 is 2.55 bits per heavy atom. The van der Waals surface area contributed by atoms with Crippen LogP contribution in [-0.4, -0.2) is 18.2 Å². The number of hydrogen-bond acceptors (Lipinski definition) is 2. The van der Waals surface area contributed by atoms with Gasteiger partial charge in [0.05, 0.1) is 15.7 Å². The van der Waals surface area contributed by atoms with Crippen LogP contribution in [0, 0.1) is 6.92 Å². The van der Waals surface area contributed by atoms with Crippen molar-refractivity contribution in [2.24, 2.45) is 0 Å². The first-order valence-corrected chi connectivity index (χ1v) is 7.64. The fraction of sp³-hybridized carbons (Fsp3) is 0.176. The molecular weight excluding hydrogens is 321 g/mol. The summed E-state index contributed by atoms with van der Waals surface area (Å²) in [5.41, 5.74) is 2.49. The third-order valence-corrected chi connectivity index (χ3v) is 4.54. The van der Waals surface area contributed by atoms with Gasteiger partial charge in [0.25, 0.3) is 5.91 Å². The van der Waals surface area contributed by atoms with E-state index < -0.39 is 0 Å². The van der Waals surface area contributed by atoms with Crippen molar-refractivity contribution in [3.05, 3.63) is 63.1 Å². The van der Waals surface area contributed by atoms with E-state index in [0.29, 0.717) is 33.4 Å². The molecule has 0 fully saturated rings. The number of carbonyl (C=O) groups excluding carboxylic acids is 2. The minimum absolute atomic E-state index is 0.0256. The van der Waals surface area contributed by atoms with Gasteiger partial charge in [0.1, 0.15) is 0 Å². The summed E-state index contributed by atoms with van der Waals surface area (Å²) in [5.74, 6) is -0.160. The largest absolute Gasteiger partial charge is 0.307 e. The van der Waals surface area contributed by atoms with E-state index in [4.69, 9.17) is 23.2 Å². The maximum atomic E-state index is 12.8. The smallest absolute Gasteiger partial charge is 0.258 e. The molecule has 3 rings (SSSR count). The fourth-order valence-electron chi connectivity index (χ4n) is 2.62. The molecule has 0 aliphatic carbocycles. The molecule has 0 radical (unpaired) electrons. The number of aryl methyl sites for hydroxylation is 1. The van der Waals surface area contributed by atoms with Crippen molar-refractivity contribution >= 4 is 40.6 Å². The molecule has 1 amide bonds. The summed E-state index contributed by atoms with van der Waals surface area (Å²) in [6.45, 7) is 2.23. The highest BCUT2D eigenvalue weighted by atomic mass is 35.5. The van der Waals surface area contributed by atoms with Crippen LogP contribution >= 0.6 is 23.2 Å². The maximum Gasteiger partial charge on any atom is 0.258 e. The van der Waals surface area contributed by atoms with Gasteiger partial charge in [0.2, 0.25) is 0 Å². The number of nitrogens with zero attached hydrogens (tertiary/aromatic N) is 1. The lowest BCUT2D eigenvalue weighted by Crippen LogP contribution is -2.37. The number of rotatable bonds is 1. The van der Waals surface area contributed by atoms with E-state index >= 15 is 0 Å². The first-order valence-electron chi connectivity index (χ1n) is 6.89. The van der Waals surface area contributed by atoms with Crippen LogP contribution in [0.3, 0.4) is 0 Å². The molecule has 0 bridgehead atoms. The zero-order valence-electron chi connectivity index (χ0n) is 11.9. The van der Waals surface area contributed by atoms with Crippen LogP contribution < -0.4 is 4.90 Å². The molecule has 0 saturated heterocycles. The first kappa shape index (κ1) is 15.1. The topological polar surface area (TPSA) is 37.4 Å².